The number of benzene rings is 6. The number of aliphatic imine (C=N–C) groups is 2. The van der Waals surface area contributed by atoms with Crippen molar-refractivity contribution in [2.24, 2.45) is 9.98 Å². The zero-order valence-corrected chi connectivity index (χ0v) is 40.2. The van der Waals surface area contributed by atoms with Gasteiger partial charge in [-0.2, -0.15) is 0 Å². The van der Waals surface area contributed by atoms with Crippen LogP contribution in [0.4, 0.5) is 11.4 Å². The molecule has 0 aliphatic heterocycles. The first-order chi connectivity index (χ1) is 33.6. The number of hydrogen-bond acceptors (Lipinski definition) is 10. The lowest BCUT2D eigenvalue weighted by atomic mass is 9.90. The number of hydrogen-bond donors (Lipinski definition) is 0. The molecule has 1 aliphatic carbocycles. The fraction of sp³-hybridized carbons (Fsp3) is 0.345. The molecule has 0 amide bonds. The second-order valence-electron chi connectivity index (χ2n) is 16.2. The predicted octanol–water partition coefficient (Wildman–Crippen LogP) is 11.5. The van der Waals surface area contributed by atoms with Crippen LogP contribution in [-0.4, -0.2) is 91.7 Å². The molecule has 0 saturated carbocycles. The molecule has 1 aliphatic rings. The van der Waals surface area contributed by atoms with E-state index in [9.17, 15) is 0 Å². The van der Waals surface area contributed by atoms with E-state index >= 15 is 0 Å². The Morgan fingerprint density at radius 2 is 0.618 bits per heavy atom. The lowest BCUT2D eigenvalue weighted by Gasteiger charge is -2.23. The summed E-state index contributed by atoms with van der Waals surface area (Å²) in [5.74, 6) is 3.24. The highest BCUT2D eigenvalue weighted by Crippen LogP contribution is 2.40. The smallest absolute Gasteiger partial charge is 0.126 e. The highest BCUT2D eigenvalue weighted by atomic mass is 16.5. The Morgan fingerprint density at radius 3 is 0.897 bits per heavy atom. The third-order valence-electron chi connectivity index (χ3n) is 11.4. The second kappa shape index (κ2) is 26.9. The van der Waals surface area contributed by atoms with Crippen molar-refractivity contribution in [2.75, 3.05) is 79.3 Å². The van der Waals surface area contributed by atoms with Crippen molar-refractivity contribution in [3.63, 3.8) is 0 Å². The fourth-order valence-electron chi connectivity index (χ4n) is 8.35. The Hall–Kier alpha value is -6.30. The minimum Gasteiger partial charge on any atom is -0.491 e. The number of rotatable bonds is 24. The van der Waals surface area contributed by atoms with Gasteiger partial charge in [0.2, 0.25) is 0 Å². The third-order valence-corrected chi connectivity index (χ3v) is 11.4. The summed E-state index contributed by atoms with van der Waals surface area (Å²) in [7, 11) is 0. The maximum atomic E-state index is 6.83. The average Bonchev–Trinajstić information content (AvgIpc) is 3.36. The molecule has 6 aromatic rings. The van der Waals surface area contributed by atoms with Crippen LogP contribution in [0, 0.1) is 0 Å². The van der Waals surface area contributed by atoms with Crippen LogP contribution < -0.4 is 18.9 Å². The van der Waals surface area contributed by atoms with E-state index in [1.54, 1.807) is 0 Å². The summed E-state index contributed by atoms with van der Waals surface area (Å²) in [4.78, 5) is 9.82. The standard InChI is InChI=1S/C58H66N2O8/c1-5-61-25-29-65-55-45-17-15-18-46(55)38-50-34-44(42-60-54-23-13-10-14-24-54)36-52(58(50)68-32-28-64-8-4)40-48-20-16-19-47(56(48)66-30-26-62-6-2)39-51-35-43(41-59-53-21-11-9-12-22-53)33-49(37-45)57(51)67-31-27-63-7-3/h9-24,33-36,41-42H,5-8,25-32,37-40H2,1-4H3. The minimum absolute atomic E-state index is 0.386. The highest BCUT2D eigenvalue weighted by molar-refractivity contribution is 5.84. The van der Waals surface area contributed by atoms with Crippen molar-refractivity contribution in [3.8, 4) is 23.0 Å². The van der Waals surface area contributed by atoms with Crippen molar-refractivity contribution in [3.05, 3.63) is 177 Å². The Bertz CT molecular complexity index is 2280. The van der Waals surface area contributed by atoms with Gasteiger partial charge in [0.05, 0.1) is 37.8 Å². The van der Waals surface area contributed by atoms with Gasteiger partial charge in [0.15, 0.2) is 0 Å². The lowest BCUT2D eigenvalue weighted by Crippen LogP contribution is -2.14. The molecular formula is C58H66N2O8. The minimum atomic E-state index is 0.386. The second-order valence-corrected chi connectivity index (χ2v) is 16.2. The summed E-state index contributed by atoms with van der Waals surface area (Å²) >= 11 is 0. The van der Waals surface area contributed by atoms with Gasteiger partial charge >= 0.3 is 0 Å². The first-order valence-electron chi connectivity index (χ1n) is 24.1. The zero-order chi connectivity index (χ0) is 47.2. The van der Waals surface area contributed by atoms with Gasteiger partial charge < -0.3 is 37.9 Å². The normalized spacial score (nSPS) is 12.4. The molecular weight excluding hydrogens is 853 g/mol. The van der Waals surface area contributed by atoms with Gasteiger partial charge in [-0.15, -0.1) is 0 Å². The molecule has 8 bridgehead atoms. The summed E-state index contributed by atoms with van der Waals surface area (Å²) in [5, 5.41) is 0. The summed E-state index contributed by atoms with van der Waals surface area (Å²) in [6, 6.07) is 41.6. The van der Waals surface area contributed by atoms with Gasteiger partial charge in [-0.05, 0) is 132 Å². The number of fused-ring (bicyclic) bond motifs is 8. The highest BCUT2D eigenvalue weighted by Gasteiger charge is 2.23. The van der Waals surface area contributed by atoms with Gasteiger partial charge in [-0.25, -0.2) is 0 Å². The number of para-hydroxylation sites is 4. The van der Waals surface area contributed by atoms with E-state index in [0.29, 0.717) is 105 Å². The van der Waals surface area contributed by atoms with Gasteiger partial charge in [0, 0.05) is 64.5 Å². The molecule has 0 unspecified atom stereocenters. The van der Waals surface area contributed by atoms with Crippen LogP contribution in [0.5, 0.6) is 23.0 Å². The lowest BCUT2D eigenvalue weighted by molar-refractivity contribution is 0.108. The monoisotopic (exact) mass is 918 g/mol. The molecule has 7 rings (SSSR count). The van der Waals surface area contributed by atoms with Gasteiger partial charge in [-0.1, -0.05) is 72.8 Å². The van der Waals surface area contributed by atoms with Crippen molar-refractivity contribution in [2.45, 2.75) is 53.4 Å². The molecule has 356 valence electrons. The molecule has 0 fully saturated rings. The summed E-state index contributed by atoms with van der Waals surface area (Å²) < 4.78 is 50.5. The van der Waals surface area contributed by atoms with Crippen molar-refractivity contribution >= 4 is 23.8 Å². The molecule has 0 radical (unpaired) electrons. The molecule has 10 heteroatoms. The van der Waals surface area contributed by atoms with Crippen LogP contribution in [0.3, 0.4) is 0 Å². The van der Waals surface area contributed by atoms with E-state index in [-0.39, 0.29) is 0 Å². The van der Waals surface area contributed by atoms with E-state index < -0.39 is 0 Å². The van der Waals surface area contributed by atoms with Crippen LogP contribution in [0.2, 0.25) is 0 Å². The van der Waals surface area contributed by atoms with Crippen LogP contribution in [0.1, 0.15) is 83.3 Å². The van der Waals surface area contributed by atoms with Crippen LogP contribution in [0.15, 0.2) is 131 Å². The maximum absolute atomic E-state index is 6.83. The predicted molar refractivity (Wildman–Crippen MR) is 272 cm³/mol. The Kier molecular flexibility index (Phi) is 19.6. The summed E-state index contributed by atoms with van der Waals surface area (Å²) in [5.41, 5.74) is 11.7. The molecule has 0 N–H and O–H groups in total. The molecule has 0 atom stereocenters. The molecule has 68 heavy (non-hydrogen) atoms. The van der Waals surface area contributed by atoms with Crippen LogP contribution in [0.25, 0.3) is 0 Å². The van der Waals surface area contributed by atoms with E-state index in [4.69, 9.17) is 47.9 Å². The van der Waals surface area contributed by atoms with Crippen molar-refractivity contribution in [1.82, 2.24) is 0 Å². The molecule has 6 aromatic carbocycles. The van der Waals surface area contributed by atoms with E-state index in [1.807, 2.05) is 101 Å². The van der Waals surface area contributed by atoms with Crippen LogP contribution in [-0.2, 0) is 44.6 Å². The summed E-state index contributed by atoms with van der Waals surface area (Å²) in [6.45, 7) is 13.8. The Morgan fingerprint density at radius 1 is 0.338 bits per heavy atom. The fourth-order valence-corrected chi connectivity index (χ4v) is 8.35. The Balaban J connectivity index is 1.47. The zero-order valence-electron chi connectivity index (χ0n) is 40.2. The maximum Gasteiger partial charge on any atom is 0.126 e. The van der Waals surface area contributed by atoms with E-state index in [2.05, 4.69) is 60.7 Å². The molecule has 0 heterocycles. The third kappa shape index (κ3) is 14.4. The number of nitrogens with zero attached hydrogens (tertiary/aromatic N) is 2. The first kappa shape index (κ1) is 49.6. The van der Waals surface area contributed by atoms with Crippen molar-refractivity contribution in [1.29, 1.82) is 0 Å². The van der Waals surface area contributed by atoms with Gasteiger partial charge in [0.1, 0.15) is 49.4 Å². The molecule has 0 spiro atoms. The Labute approximate surface area is 402 Å². The molecule has 0 saturated heterocycles. The topological polar surface area (TPSA) is 98.6 Å². The van der Waals surface area contributed by atoms with Crippen LogP contribution >= 0.6 is 0 Å². The van der Waals surface area contributed by atoms with E-state index in [1.165, 1.54) is 0 Å². The quantitative estimate of drug-likeness (QED) is 0.0437. The van der Waals surface area contributed by atoms with Gasteiger partial charge in [-0.3, -0.25) is 9.98 Å². The average molecular weight is 919 g/mol. The molecule has 0 aromatic heterocycles. The molecule has 10 nitrogen and oxygen atoms in total. The van der Waals surface area contributed by atoms with E-state index in [0.717, 1.165) is 90.0 Å². The summed E-state index contributed by atoms with van der Waals surface area (Å²) in [6.07, 6.45) is 5.96. The number of ether oxygens (including phenoxy) is 8. The van der Waals surface area contributed by atoms with Crippen molar-refractivity contribution < 1.29 is 37.9 Å². The van der Waals surface area contributed by atoms with Gasteiger partial charge in [0.25, 0.3) is 0 Å². The SMILES string of the molecule is CCOCCOc1c2cccc1Cc1cc(C=Nc3ccccc3)cc(c1OCCOCC)Cc1cccc(c1OCCOCC)Cc1cc(C=Nc3ccccc3)cc(c1OCCOCC)C2. The largest absolute Gasteiger partial charge is 0.491 e. The first-order valence-corrected chi connectivity index (χ1v) is 24.1.